The first-order chi connectivity index (χ1) is 18.4. The minimum absolute atomic E-state index is 0.428. The molecule has 0 unspecified atom stereocenters. The third-order valence-electron chi connectivity index (χ3n) is 6.38. The van der Waals surface area contributed by atoms with Gasteiger partial charge in [-0.2, -0.15) is 0 Å². The SMILES string of the molecule is CCCC(C)C.CCCN(CCC)c1ccc(Nc2ccc(-c3ccc(C(N)=O)cc3)n3ccnc23)cc1. The van der Waals surface area contributed by atoms with Crippen LogP contribution in [0.3, 0.4) is 0 Å². The van der Waals surface area contributed by atoms with Gasteiger partial charge in [0.2, 0.25) is 5.91 Å². The van der Waals surface area contributed by atoms with Crippen LogP contribution < -0.4 is 16.0 Å². The van der Waals surface area contributed by atoms with Gasteiger partial charge < -0.3 is 16.0 Å². The highest BCUT2D eigenvalue weighted by Crippen LogP contribution is 2.28. The first-order valence-electron chi connectivity index (χ1n) is 13.9. The average molecular weight is 514 g/mol. The van der Waals surface area contributed by atoms with Gasteiger partial charge in [0.15, 0.2) is 5.65 Å². The smallest absolute Gasteiger partial charge is 0.248 e. The van der Waals surface area contributed by atoms with Gasteiger partial charge in [0.25, 0.3) is 0 Å². The van der Waals surface area contributed by atoms with E-state index in [4.69, 9.17) is 5.73 Å². The maximum Gasteiger partial charge on any atom is 0.248 e. The van der Waals surface area contributed by atoms with Crippen LogP contribution >= 0.6 is 0 Å². The molecule has 4 aromatic rings. The van der Waals surface area contributed by atoms with Crippen LogP contribution in [-0.4, -0.2) is 28.4 Å². The molecule has 2 aromatic carbocycles. The Hall–Kier alpha value is -3.80. The van der Waals surface area contributed by atoms with E-state index in [1.165, 1.54) is 18.5 Å². The van der Waals surface area contributed by atoms with Gasteiger partial charge in [0, 0.05) is 42.4 Å². The lowest BCUT2D eigenvalue weighted by Crippen LogP contribution is -2.24. The Morgan fingerprint density at radius 2 is 1.58 bits per heavy atom. The molecule has 202 valence electrons. The quantitative estimate of drug-likeness (QED) is 0.214. The maximum absolute atomic E-state index is 11.4. The number of rotatable bonds is 11. The number of amides is 1. The molecule has 0 aliphatic rings. The van der Waals surface area contributed by atoms with Crippen molar-refractivity contribution in [3.8, 4) is 11.3 Å². The maximum atomic E-state index is 11.4. The second kappa shape index (κ2) is 14.2. The van der Waals surface area contributed by atoms with Crippen molar-refractivity contribution in [2.75, 3.05) is 23.3 Å². The van der Waals surface area contributed by atoms with Crippen molar-refractivity contribution in [2.45, 2.75) is 60.3 Å². The topological polar surface area (TPSA) is 75.7 Å². The van der Waals surface area contributed by atoms with Crippen LogP contribution in [-0.2, 0) is 0 Å². The summed E-state index contributed by atoms with van der Waals surface area (Å²) in [6.45, 7) is 13.3. The summed E-state index contributed by atoms with van der Waals surface area (Å²) in [5.74, 6) is 0.470. The van der Waals surface area contributed by atoms with E-state index in [1.807, 2.05) is 28.8 Å². The number of fused-ring (bicyclic) bond motifs is 1. The summed E-state index contributed by atoms with van der Waals surface area (Å²) in [5.41, 5.74) is 11.9. The number of imidazole rings is 1. The van der Waals surface area contributed by atoms with Gasteiger partial charge in [-0.3, -0.25) is 9.20 Å². The Labute approximate surface area is 227 Å². The highest BCUT2D eigenvalue weighted by Gasteiger charge is 2.11. The van der Waals surface area contributed by atoms with E-state index in [9.17, 15) is 4.79 Å². The fourth-order valence-electron chi connectivity index (χ4n) is 4.55. The molecular weight excluding hydrogens is 470 g/mol. The van der Waals surface area contributed by atoms with Gasteiger partial charge in [0.05, 0.1) is 11.4 Å². The van der Waals surface area contributed by atoms with Crippen LogP contribution in [0.15, 0.2) is 73.1 Å². The molecule has 38 heavy (non-hydrogen) atoms. The molecule has 0 radical (unpaired) electrons. The average Bonchev–Trinajstić information content (AvgIpc) is 3.40. The second-order valence-electron chi connectivity index (χ2n) is 10.0. The molecule has 0 spiro atoms. The minimum atomic E-state index is -0.428. The van der Waals surface area contributed by atoms with Gasteiger partial charge in [0.1, 0.15) is 0 Å². The Morgan fingerprint density at radius 1 is 0.921 bits per heavy atom. The third kappa shape index (κ3) is 7.60. The normalized spacial score (nSPS) is 10.8. The van der Waals surface area contributed by atoms with Crippen molar-refractivity contribution in [1.29, 1.82) is 0 Å². The summed E-state index contributed by atoms with van der Waals surface area (Å²) in [4.78, 5) is 18.3. The molecule has 0 bridgehead atoms. The highest BCUT2D eigenvalue weighted by atomic mass is 16.1. The van der Waals surface area contributed by atoms with Gasteiger partial charge in [-0.05, 0) is 72.9 Å². The van der Waals surface area contributed by atoms with Gasteiger partial charge >= 0.3 is 0 Å². The van der Waals surface area contributed by atoms with Crippen molar-refractivity contribution < 1.29 is 4.79 Å². The van der Waals surface area contributed by atoms with Gasteiger partial charge in [-0.1, -0.05) is 59.6 Å². The van der Waals surface area contributed by atoms with E-state index >= 15 is 0 Å². The Balaban J connectivity index is 0.000000599. The molecule has 4 rings (SSSR count). The van der Waals surface area contributed by atoms with Crippen LogP contribution in [0.4, 0.5) is 17.1 Å². The fourth-order valence-corrected chi connectivity index (χ4v) is 4.55. The molecule has 0 saturated heterocycles. The number of nitrogens with two attached hydrogens (primary N) is 1. The number of pyridine rings is 1. The number of hydrogen-bond donors (Lipinski definition) is 2. The lowest BCUT2D eigenvalue weighted by atomic mass is 10.1. The summed E-state index contributed by atoms with van der Waals surface area (Å²) in [6, 6.07) is 20.0. The first kappa shape index (κ1) is 28.8. The molecule has 0 aliphatic heterocycles. The summed E-state index contributed by atoms with van der Waals surface area (Å²) in [7, 11) is 0. The summed E-state index contributed by atoms with van der Waals surface area (Å²) in [5, 5.41) is 3.50. The number of nitrogens with zero attached hydrogens (tertiary/aromatic N) is 3. The van der Waals surface area contributed by atoms with Crippen molar-refractivity contribution in [1.82, 2.24) is 9.38 Å². The number of primary amides is 1. The number of carbonyl (C=O) groups is 1. The highest BCUT2D eigenvalue weighted by molar-refractivity contribution is 5.93. The van der Waals surface area contributed by atoms with Crippen LogP contribution in [0.5, 0.6) is 0 Å². The van der Waals surface area contributed by atoms with E-state index in [-0.39, 0.29) is 0 Å². The number of hydrogen-bond acceptors (Lipinski definition) is 4. The summed E-state index contributed by atoms with van der Waals surface area (Å²) < 4.78 is 2.04. The zero-order valence-corrected chi connectivity index (χ0v) is 23.6. The van der Waals surface area contributed by atoms with E-state index < -0.39 is 5.91 Å². The molecule has 6 heteroatoms. The van der Waals surface area contributed by atoms with E-state index in [0.29, 0.717) is 5.56 Å². The first-order valence-corrected chi connectivity index (χ1v) is 13.9. The van der Waals surface area contributed by atoms with Crippen LogP contribution in [0.1, 0.15) is 70.7 Å². The summed E-state index contributed by atoms with van der Waals surface area (Å²) >= 11 is 0. The molecule has 2 aromatic heterocycles. The zero-order valence-electron chi connectivity index (χ0n) is 23.6. The van der Waals surface area contributed by atoms with Gasteiger partial charge in [-0.25, -0.2) is 4.98 Å². The molecule has 0 saturated carbocycles. The summed E-state index contributed by atoms with van der Waals surface area (Å²) in [6.07, 6.45) is 8.70. The molecule has 0 atom stereocenters. The number of nitrogens with one attached hydrogen (secondary N) is 1. The molecule has 3 N–H and O–H groups in total. The van der Waals surface area contributed by atoms with E-state index in [1.54, 1.807) is 18.3 Å². The monoisotopic (exact) mass is 513 g/mol. The predicted octanol–water partition coefficient (Wildman–Crippen LogP) is 7.91. The standard InChI is InChI=1S/C26H29N5O.C6H14/c1-3-16-30(17-4-2)22-11-9-21(10-12-22)29-23-13-14-24(31-18-15-28-26(23)31)19-5-7-20(8-6-19)25(27)32;1-4-5-6(2)3/h5-15,18,29H,3-4,16-17H2,1-2H3,(H2,27,32);6H,4-5H2,1-3H3. The number of carbonyl (C=O) groups excluding carboxylic acids is 1. The molecule has 2 heterocycles. The van der Waals surface area contributed by atoms with Crippen LogP contribution in [0.2, 0.25) is 0 Å². The van der Waals surface area contributed by atoms with Crippen molar-refractivity contribution in [3.63, 3.8) is 0 Å². The van der Waals surface area contributed by atoms with Crippen molar-refractivity contribution >= 4 is 28.6 Å². The lowest BCUT2D eigenvalue weighted by Gasteiger charge is -2.24. The van der Waals surface area contributed by atoms with Gasteiger partial charge in [-0.15, -0.1) is 0 Å². The molecule has 6 nitrogen and oxygen atoms in total. The molecule has 0 fully saturated rings. The van der Waals surface area contributed by atoms with Crippen molar-refractivity contribution in [3.05, 3.63) is 78.6 Å². The fraction of sp³-hybridized carbons (Fsp3) is 0.375. The van der Waals surface area contributed by atoms with E-state index in [0.717, 1.165) is 60.1 Å². The number of aromatic nitrogens is 2. The predicted molar refractivity (Wildman–Crippen MR) is 161 cm³/mol. The van der Waals surface area contributed by atoms with Crippen LogP contribution in [0.25, 0.3) is 16.9 Å². The Bertz CT molecular complexity index is 1270. The minimum Gasteiger partial charge on any atom is -0.372 e. The van der Waals surface area contributed by atoms with Crippen molar-refractivity contribution in [2.24, 2.45) is 11.7 Å². The van der Waals surface area contributed by atoms with Crippen LogP contribution in [0, 0.1) is 5.92 Å². The molecule has 1 amide bonds. The largest absolute Gasteiger partial charge is 0.372 e. The van der Waals surface area contributed by atoms with E-state index in [2.05, 4.69) is 80.2 Å². The Kier molecular flexibility index (Phi) is 10.8. The molecular formula is C32H43N5O. The third-order valence-corrected chi connectivity index (χ3v) is 6.38. The lowest BCUT2D eigenvalue weighted by molar-refractivity contribution is 0.100. The Morgan fingerprint density at radius 3 is 2.11 bits per heavy atom. The second-order valence-corrected chi connectivity index (χ2v) is 10.0. The number of anilines is 3. The zero-order chi connectivity index (χ0) is 27.5. The number of benzene rings is 2. The molecule has 0 aliphatic carbocycles.